The van der Waals surface area contributed by atoms with E-state index in [0.717, 1.165) is 0 Å². The molecule has 0 unspecified atom stereocenters. The number of aromatic nitrogens is 3. The molecule has 2 heterocycles. The number of carbonyl (C=O) groups is 2. The number of benzene rings is 2. The minimum atomic E-state index is -0.654. The van der Waals surface area contributed by atoms with Crippen LogP contribution in [0.5, 0.6) is 5.88 Å². The Hall–Kier alpha value is -4.20. The predicted molar refractivity (Wildman–Crippen MR) is 109 cm³/mol. The molecule has 29 heavy (non-hydrogen) atoms. The molecule has 4 rings (SSSR count). The van der Waals surface area contributed by atoms with Gasteiger partial charge in [-0.25, -0.2) is 14.7 Å². The van der Waals surface area contributed by atoms with E-state index in [1.807, 2.05) is 36.4 Å². The van der Waals surface area contributed by atoms with Crippen LogP contribution in [0.1, 0.15) is 6.92 Å². The summed E-state index contributed by atoms with van der Waals surface area (Å²) in [5.74, 6) is -0.0405. The van der Waals surface area contributed by atoms with Crippen LogP contribution in [0.25, 0.3) is 11.0 Å². The molecule has 0 fully saturated rings. The zero-order chi connectivity index (χ0) is 20.2. The van der Waals surface area contributed by atoms with Gasteiger partial charge in [0, 0.05) is 13.0 Å². The Labute approximate surface area is 166 Å². The number of ether oxygens (including phenoxy) is 1. The van der Waals surface area contributed by atoms with Crippen LogP contribution in [0.3, 0.4) is 0 Å². The van der Waals surface area contributed by atoms with E-state index in [9.17, 15) is 9.59 Å². The summed E-state index contributed by atoms with van der Waals surface area (Å²) in [5, 5.41) is 2.59. The summed E-state index contributed by atoms with van der Waals surface area (Å²) < 4.78 is 5.62. The van der Waals surface area contributed by atoms with Crippen molar-refractivity contribution < 1.29 is 14.3 Å². The van der Waals surface area contributed by atoms with Crippen molar-refractivity contribution in [1.29, 1.82) is 0 Å². The molecule has 0 spiro atoms. The largest absolute Gasteiger partial charge is 0.425 e. The van der Waals surface area contributed by atoms with Gasteiger partial charge in [-0.2, -0.15) is 4.98 Å². The van der Waals surface area contributed by atoms with Gasteiger partial charge in [-0.3, -0.25) is 4.79 Å². The van der Waals surface area contributed by atoms with Crippen molar-refractivity contribution >= 4 is 40.2 Å². The van der Waals surface area contributed by atoms with Crippen LogP contribution in [0.4, 0.5) is 22.0 Å². The number of fused-ring (bicyclic) bond motifs is 1. The van der Waals surface area contributed by atoms with Gasteiger partial charge in [0.2, 0.25) is 5.91 Å². The van der Waals surface area contributed by atoms with Crippen LogP contribution >= 0.6 is 0 Å². The van der Waals surface area contributed by atoms with Gasteiger partial charge >= 0.3 is 6.09 Å². The van der Waals surface area contributed by atoms with Crippen LogP contribution in [-0.2, 0) is 4.79 Å². The lowest BCUT2D eigenvalue weighted by atomic mass is 10.2. The van der Waals surface area contributed by atoms with Crippen molar-refractivity contribution in [2.45, 2.75) is 6.92 Å². The lowest BCUT2D eigenvalue weighted by Crippen LogP contribution is -2.29. The molecule has 2 aromatic heterocycles. The number of nitrogens with zero attached hydrogens (tertiary/aromatic N) is 3. The molecular formula is C21H17N5O3. The molecule has 0 aliphatic heterocycles. The zero-order valence-electron chi connectivity index (χ0n) is 15.5. The van der Waals surface area contributed by atoms with Crippen molar-refractivity contribution in [2.24, 2.45) is 0 Å². The molecule has 4 aromatic rings. The number of hydrogen-bond donors (Lipinski definition) is 2. The molecule has 2 aromatic carbocycles. The SMILES string of the molecule is CC(=O)Nc1cc2[nH]cnc2c(OC(=O)N(c2ccccc2)c2ccccc2)n1. The lowest BCUT2D eigenvalue weighted by Gasteiger charge is -2.22. The smallest absolute Gasteiger partial charge is 0.388 e. The molecule has 0 bridgehead atoms. The molecule has 2 amide bonds. The quantitative estimate of drug-likeness (QED) is 0.545. The summed E-state index contributed by atoms with van der Waals surface area (Å²) in [7, 11) is 0. The number of pyridine rings is 1. The third kappa shape index (κ3) is 3.91. The van der Waals surface area contributed by atoms with Crippen molar-refractivity contribution in [3.05, 3.63) is 73.1 Å². The highest BCUT2D eigenvalue weighted by Gasteiger charge is 2.22. The lowest BCUT2D eigenvalue weighted by molar-refractivity contribution is -0.114. The molecule has 0 atom stereocenters. The number of nitrogens with one attached hydrogen (secondary N) is 2. The fourth-order valence-electron chi connectivity index (χ4n) is 2.87. The Morgan fingerprint density at radius 1 is 1.00 bits per heavy atom. The molecule has 0 radical (unpaired) electrons. The van der Waals surface area contributed by atoms with E-state index in [1.165, 1.54) is 18.2 Å². The topological polar surface area (TPSA) is 100 Å². The molecule has 8 nitrogen and oxygen atoms in total. The van der Waals surface area contributed by atoms with Crippen LogP contribution in [-0.4, -0.2) is 27.0 Å². The maximum absolute atomic E-state index is 13.2. The summed E-state index contributed by atoms with van der Waals surface area (Å²) in [6.07, 6.45) is 0.812. The Morgan fingerprint density at radius 2 is 1.62 bits per heavy atom. The van der Waals surface area contributed by atoms with Crippen LogP contribution in [0.15, 0.2) is 73.1 Å². The summed E-state index contributed by atoms with van der Waals surface area (Å²) in [5.41, 5.74) is 2.24. The Kier molecular flexibility index (Phi) is 4.90. The summed E-state index contributed by atoms with van der Waals surface area (Å²) in [4.78, 5) is 37.3. The summed E-state index contributed by atoms with van der Waals surface area (Å²) in [6, 6.07) is 19.9. The fourth-order valence-corrected chi connectivity index (χ4v) is 2.87. The maximum Gasteiger partial charge on any atom is 0.425 e. The average molecular weight is 387 g/mol. The first-order chi connectivity index (χ1) is 14.1. The van der Waals surface area contributed by atoms with E-state index in [1.54, 1.807) is 30.3 Å². The number of anilines is 3. The number of carbonyl (C=O) groups excluding carboxylic acids is 2. The van der Waals surface area contributed by atoms with Gasteiger partial charge < -0.3 is 15.0 Å². The van der Waals surface area contributed by atoms with Gasteiger partial charge in [0.15, 0.2) is 5.52 Å². The van der Waals surface area contributed by atoms with Crippen LogP contribution < -0.4 is 15.0 Å². The van der Waals surface area contributed by atoms with Crippen molar-refractivity contribution in [3.63, 3.8) is 0 Å². The molecule has 8 heteroatoms. The normalized spacial score (nSPS) is 10.5. The molecular weight excluding hydrogens is 370 g/mol. The third-order valence-electron chi connectivity index (χ3n) is 4.07. The second kappa shape index (κ2) is 7.81. The second-order valence-corrected chi connectivity index (χ2v) is 6.17. The van der Waals surface area contributed by atoms with E-state index in [0.29, 0.717) is 22.4 Å². The van der Waals surface area contributed by atoms with Gasteiger partial charge in [-0.1, -0.05) is 36.4 Å². The Balaban J connectivity index is 1.73. The minimum absolute atomic E-state index is 0.00522. The van der Waals surface area contributed by atoms with E-state index in [4.69, 9.17) is 4.74 Å². The Morgan fingerprint density at radius 3 is 2.21 bits per heavy atom. The highest BCUT2D eigenvalue weighted by molar-refractivity contribution is 5.98. The fraction of sp³-hybridized carbons (Fsp3) is 0.0476. The van der Waals surface area contributed by atoms with Gasteiger partial charge in [0.1, 0.15) is 5.82 Å². The first kappa shape index (κ1) is 18.2. The van der Waals surface area contributed by atoms with Crippen molar-refractivity contribution in [3.8, 4) is 5.88 Å². The predicted octanol–water partition coefficient (Wildman–Crippen LogP) is 4.25. The molecule has 144 valence electrons. The van der Waals surface area contributed by atoms with Crippen molar-refractivity contribution in [1.82, 2.24) is 15.0 Å². The van der Waals surface area contributed by atoms with Gasteiger partial charge in [0.25, 0.3) is 5.88 Å². The van der Waals surface area contributed by atoms with Crippen LogP contribution in [0, 0.1) is 0 Å². The summed E-state index contributed by atoms with van der Waals surface area (Å²) in [6.45, 7) is 1.37. The molecule has 0 saturated heterocycles. The van der Waals surface area contributed by atoms with E-state index in [-0.39, 0.29) is 17.6 Å². The van der Waals surface area contributed by atoms with E-state index in [2.05, 4.69) is 20.3 Å². The second-order valence-electron chi connectivity index (χ2n) is 6.17. The third-order valence-corrected chi connectivity index (χ3v) is 4.07. The monoisotopic (exact) mass is 387 g/mol. The number of para-hydroxylation sites is 2. The highest BCUT2D eigenvalue weighted by atomic mass is 16.6. The van der Waals surface area contributed by atoms with Crippen LogP contribution in [0.2, 0.25) is 0 Å². The van der Waals surface area contributed by atoms with E-state index < -0.39 is 6.09 Å². The van der Waals surface area contributed by atoms with E-state index >= 15 is 0 Å². The molecule has 0 saturated carbocycles. The standard InChI is InChI=1S/C21H17N5O3/c1-14(27)24-18-12-17-19(23-13-22-17)20(25-18)29-21(28)26(15-8-4-2-5-9-15)16-10-6-3-7-11-16/h2-13H,1H3,(H,22,23)(H,24,25,27). The number of imidazole rings is 1. The zero-order valence-corrected chi connectivity index (χ0v) is 15.5. The van der Waals surface area contributed by atoms with Gasteiger partial charge in [-0.05, 0) is 24.3 Å². The van der Waals surface area contributed by atoms with Gasteiger partial charge in [0.05, 0.1) is 23.2 Å². The number of amides is 2. The number of rotatable bonds is 4. The maximum atomic E-state index is 13.2. The molecule has 0 aliphatic carbocycles. The van der Waals surface area contributed by atoms with Crippen molar-refractivity contribution in [2.75, 3.05) is 10.2 Å². The van der Waals surface area contributed by atoms with Gasteiger partial charge in [-0.15, -0.1) is 0 Å². The summed E-state index contributed by atoms with van der Waals surface area (Å²) >= 11 is 0. The first-order valence-corrected chi connectivity index (χ1v) is 8.85. The highest BCUT2D eigenvalue weighted by Crippen LogP contribution is 2.29. The molecule has 2 N–H and O–H groups in total. The number of hydrogen-bond acceptors (Lipinski definition) is 5. The first-order valence-electron chi connectivity index (χ1n) is 8.85. The Bertz CT molecular complexity index is 1120. The average Bonchev–Trinajstić information content (AvgIpc) is 3.18. The number of H-pyrrole nitrogens is 1. The number of aromatic amines is 1. The minimum Gasteiger partial charge on any atom is -0.388 e. The molecule has 0 aliphatic rings.